The molecule has 1 aromatic heterocycles. The third kappa shape index (κ3) is 2.09. The van der Waals surface area contributed by atoms with Gasteiger partial charge in [0.25, 0.3) is 0 Å². The van der Waals surface area contributed by atoms with Crippen molar-refractivity contribution < 1.29 is 0 Å². The van der Waals surface area contributed by atoms with Gasteiger partial charge in [0.05, 0.1) is 0 Å². The number of alkyl halides is 1. The van der Waals surface area contributed by atoms with Crippen LogP contribution in [0.3, 0.4) is 0 Å². The molecular formula is C10H15ClN2S. The monoisotopic (exact) mass is 230 g/mol. The van der Waals surface area contributed by atoms with E-state index < -0.39 is 0 Å². The highest BCUT2D eigenvalue weighted by molar-refractivity contribution is 7.11. The van der Waals surface area contributed by atoms with Crippen LogP contribution in [-0.2, 0) is 6.42 Å². The summed E-state index contributed by atoms with van der Waals surface area (Å²) in [7, 11) is 0. The van der Waals surface area contributed by atoms with E-state index in [1.54, 1.807) is 11.3 Å². The van der Waals surface area contributed by atoms with E-state index in [1.165, 1.54) is 24.3 Å². The Balaban J connectivity index is 2.08. The van der Waals surface area contributed by atoms with Crippen molar-refractivity contribution in [2.24, 2.45) is 5.92 Å². The van der Waals surface area contributed by atoms with Crippen molar-refractivity contribution in [2.75, 3.05) is 5.88 Å². The van der Waals surface area contributed by atoms with E-state index in [9.17, 15) is 0 Å². The molecule has 1 aliphatic rings. The molecule has 0 saturated heterocycles. The number of nitrogens with zero attached hydrogens (tertiary/aromatic N) is 2. The summed E-state index contributed by atoms with van der Waals surface area (Å²) in [6.07, 6.45) is 4.84. The molecule has 78 valence electrons. The van der Waals surface area contributed by atoms with Crippen molar-refractivity contribution in [1.82, 2.24) is 10.2 Å². The maximum atomic E-state index is 5.67. The van der Waals surface area contributed by atoms with Gasteiger partial charge in [-0.15, -0.1) is 33.1 Å². The van der Waals surface area contributed by atoms with Gasteiger partial charge in [-0.05, 0) is 12.3 Å². The van der Waals surface area contributed by atoms with Crippen molar-refractivity contribution >= 4 is 22.9 Å². The molecule has 2 unspecified atom stereocenters. The van der Waals surface area contributed by atoms with Crippen molar-refractivity contribution in [3.05, 3.63) is 10.0 Å². The first-order valence-electron chi connectivity index (χ1n) is 5.19. The molecule has 1 saturated carbocycles. The first-order valence-corrected chi connectivity index (χ1v) is 6.54. The SMILES string of the molecule is CC1CCCC1c1nnc(CCCl)s1. The number of aromatic nitrogens is 2. The van der Waals surface area contributed by atoms with Gasteiger partial charge in [-0.2, -0.15) is 0 Å². The summed E-state index contributed by atoms with van der Waals surface area (Å²) in [5.41, 5.74) is 0. The molecular weight excluding hydrogens is 216 g/mol. The fourth-order valence-electron chi connectivity index (χ4n) is 2.11. The molecule has 4 heteroatoms. The van der Waals surface area contributed by atoms with Crippen LogP contribution in [0, 0.1) is 5.92 Å². The maximum absolute atomic E-state index is 5.67. The van der Waals surface area contributed by atoms with E-state index in [4.69, 9.17) is 11.6 Å². The summed E-state index contributed by atoms with van der Waals surface area (Å²) in [6, 6.07) is 0. The number of halogens is 1. The van der Waals surface area contributed by atoms with Gasteiger partial charge < -0.3 is 0 Å². The van der Waals surface area contributed by atoms with Crippen LogP contribution in [-0.4, -0.2) is 16.1 Å². The summed E-state index contributed by atoms with van der Waals surface area (Å²) in [5, 5.41) is 10.8. The van der Waals surface area contributed by atoms with Crippen LogP contribution in [0.15, 0.2) is 0 Å². The molecule has 0 amide bonds. The molecule has 0 N–H and O–H groups in total. The van der Waals surface area contributed by atoms with Crippen molar-refractivity contribution in [3.63, 3.8) is 0 Å². The van der Waals surface area contributed by atoms with Crippen LogP contribution in [0.4, 0.5) is 0 Å². The quantitative estimate of drug-likeness (QED) is 0.746. The molecule has 0 spiro atoms. The Labute approximate surface area is 93.7 Å². The van der Waals surface area contributed by atoms with E-state index in [1.807, 2.05) is 0 Å². The molecule has 14 heavy (non-hydrogen) atoms. The normalized spacial score (nSPS) is 27.0. The second kappa shape index (κ2) is 4.58. The number of hydrogen-bond acceptors (Lipinski definition) is 3. The predicted molar refractivity (Wildman–Crippen MR) is 60.1 cm³/mol. The molecule has 2 nitrogen and oxygen atoms in total. The van der Waals surface area contributed by atoms with Crippen LogP contribution < -0.4 is 0 Å². The molecule has 2 rings (SSSR count). The minimum atomic E-state index is 0.648. The summed E-state index contributed by atoms with van der Waals surface area (Å²) in [4.78, 5) is 0. The van der Waals surface area contributed by atoms with Crippen molar-refractivity contribution in [3.8, 4) is 0 Å². The van der Waals surface area contributed by atoms with Gasteiger partial charge in [0.1, 0.15) is 10.0 Å². The molecule has 0 aliphatic heterocycles. The van der Waals surface area contributed by atoms with Gasteiger partial charge in [-0.3, -0.25) is 0 Å². The van der Waals surface area contributed by atoms with Crippen molar-refractivity contribution in [1.29, 1.82) is 0 Å². The highest BCUT2D eigenvalue weighted by Crippen LogP contribution is 2.40. The molecule has 1 heterocycles. The lowest BCUT2D eigenvalue weighted by Gasteiger charge is -2.09. The summed E-state index contributed by atoms with van der Waals surface area (Å²) in [5.74, 6) is 2.10. The van der Waals surface area contributed by atoms with E-state index >= 15 is 0 Å². The zero-order chi connectivity index (χ0) is 9.97. The zero-order valence-electron chi connectivity index (χ0n) is 8.37. The second-order valence-corrected chi connectivity index (χ2v) is 5.46. The summed E-state index contributed by atoms with van der Waals surface area (Å²) >= 11 is 7.42. The van der Waals surface area contributed by atoms with Crippen molar-refractivity contribution in [2.45, 2.75) is 38.5 Å². The third-order valence-electron chi connectivity index (χ3n) is 2.97. The van der Waals surface area contributed by atoms with Crippen LogP contribution in [0.5, 0.6) is 0 Å². The number of hydrogen-bond donors (Lipinski definition) is 0. The highest BCUT2D eigenvalue weighted by atomic mass is 35.5. The molecule has 0 bridgehead atoms. The minimum absolute atomic E-state index is 0.648. The standard InChI is InChI=1S/C10H15ClN2S/c1-7-3-2-4-8(7)10-13-12-9(14-10)5-6-11/h7-8H,2-6H2,1H3. The Morgan fingerprint density at radius 2 is 2.29 bits per heavy atom. The topological polar surface area (TPSA) is 25.8 Å². The Kier molecular flexibility index (Phi) is 3.39. The minimum Gasteiger partial charge on any atom is -0.144 e. The largest absolute Gasteiger partial charge is 0.144 e. The average molecular weight is 231 g/mol. The molecule has 1 aliphatic carbocycles. The lowest BCUT2D eigenvalue weighted by molar-refractivity contribution is 0.527. The Bertz CT molecular complexity index is 300. The van der Waals surface area contributed by atoms with Gasteiger partial charge in [0.2, 0.25) is 0 Å². The van der Waals surface area contributed by atoms with Crippen LogP contribution in [0.1, 0.15) is 42.1 Å². The lowest BCUT2D eigenvalue weighted by atomic mass is 9.99. The highest BCUT2D eigenvalue weighted by Gasteiger charge is 2.27. The van der Waals surface area contributed by atoms with Crippen LogP contribution in [0.2, 0.25) is 0 Å². The first kappa shape index (κ1) is 10.4. The van der Waals surface area contributed by atoms with Gasteiger partial charge in [-0.25, -0.2) is 0 Å². The first-order chi connectivity index (χ1) is 6.81. The van der Waals surface area contributed by atoms with Crippen LogP contribution >= 0.6 is 22.9 Å². The molecule has 2 atom stereocenters. The molecule has 0 aromatic carbocycles. The third-order valence-corrected chi connectivity index (χ3v) is 4.27. The number of rotatable bonds is 3. The summed E-state index contributed by atoms with van der Waals surface area (Å²) in [6.45, 7) is 2.32. The van der Waals surface area contributed by atoms with Gasteiger partial charge >= 0.3 is 0 Å². The van der Waals surface area contributed by atoms with E-state index in [-0.39, 0.29) is 0 Å². The van der Waals surface area contributed by atoms with Gasteiger partial charge in [0.15, 0.2) is 0 Å². The predicted octanol–water partition coefficient (Wildman–Crippen LogP) is 3.22. The molecule has 0 radical (unpaired) electrons. The van der Waals surface area contributed by atoms with E-state index in [0.717, 1.165) is 17.3 Å². The Morgan fingerprint density at radius 1 is 1.43 bits per heavy atom. The van der Waals surface area contributed by atoms with Gasteiger partial charge in [0, 0.05) is 18.2 Å². The Morgan fingerprint density at radius 3 is 2.93 bits per heavy atom. The molecule has 1 fully saturated rings. The fourth-order valence-corrected chi connectivity index (χ4v) is 3.51. The zero-order valence-corrected chi connectivity index (χ0v) is 9.94. The lowest BCUT2D eigenvalue weighted by Crippen LogP contribution is -2.00. The van der Waals surface area contributed by atoms with Gasteiger partial charge in [-0.1, -0.05) is 19.8 Å². The molecule has 1 aromatic rings. The van der Waals surface area contributed by atoms with Crippen LogP contribution in [0.25, 0.3) is 0 Å². The van der Waals surface area contributed by atoms with E-state index in [2.05, 4.69) is 17.1 Å². The number of aryl methyl sites for hydroxylation is 1. The Hall–Kier alpha value is -0.150. The smallest absolute Gasteiger partial charge is 0.120 e. The maximum Gasteiger partial charge on any atom is 0.120 e. The fraction of sp³-hybridized carbons (Fsp3) is 0.800. The van der Waals surface area contributed by atoms with E-state index in [0.29, 0.717) is 11.8 Å². The second-order valence-electron chi connectivity index (χ2n) is 3.99. The average Bonchev–Trinajstić information content (AvgIpc) is 2.74. The summed E-state index contributed by atoms with van der Waals surface area (Å²) < 4.78 is 0.